The average molecular weight is 270 g/mol. The fraction of sp³-hybridized carbons (Fsp3) is 0.500. The number of aromatic carboxylic acids is 1. The lowest BCUT2D eigenvalue weighted by atomic mass is 10.2. The number of rotatable bonds is 3. The molecule has 0 spiro atoms. The first-order valence-electron chi connectivity index (χ1n) is 5.98. The normalized spacial score (nSPS) is 16.9. The molecular weight excluding hydrogens is 254 g/mol. The van der Waals surface area contributed by atoms with Gasteiger partial charge < -0.3 is 14.9 Å². The molecule has 1 fully saturated rings. The van der Waals surface area contributed by atoms with Gasteiger partial charge in [0.1, 0.15) is 5.82 Å². The first-order valence-corrected chi connectivity index (χ1v) is 6.36. The van der Waals surface area contributed by atoms with Crippen LogP contribution in [0.3, 0.4) is 0 Å². The van der Waals surface area contributed by atoms with Crippen LogP contribution in [0, 0.1) is 0 Å². The molecule has 1 N–H and O–H groups in total. The highest BCUT2D eigenvalue weighted by molar-refractivity contribution is 6.35. The van der Waals surface area contributed by atoms with Crippen LogP contribution >= 0.6 is 11.6 Å². The van der Waals surface area contributed by atoms with Gasteiger partial charge in [0, 0.05) is 32.4 Å². The number of hydrogen-bond donors (Lipinski definition) is 1. The molecule has 2 rings (SSSR count). The van der Waals surface area contributed by atoms with Crippen LogP contribution in [-0.4, -0.2) is 53.7 Å². The van der Waals surface area contributed by atoms with Crippen molar-refractivity contribution >= 4 is 23.4 Å². The van der Waals surface area contributed by atoms with E-state index in [9.17, 15) is 4.79 Å². The third-order valence-corrected chi connectivity index (χ3v) is 3.59. The molecule has 0 bridgehead atoms. The minimum absolute atomic E-state index is 0.111. The lowest BCUT2D eigenvalue weighted by molar-refractivity contribution is 0.0697. The Hall–Kier alpha value is -1.33. The summed E-state index contributed by atoms with van der Waals surface area (Å²) in [6.07, 6.45) is 1.50. The van der Waals surface area contributed by atoms with E-state index in [4.69, 9.17) is 16.7 Å². The zero-order valence-corrected chi connectivity index (χ0v) is 11.0. The van der Waals surface area contributed by atoms with Crippen LogP contribution in [-0.2, 0) is 0 Å². The van der Waals surface area contributed by atoms with Crippen LogP contribution in [0.2, 0.25) is 5.02 Å². The van der Waals surface area contributed by atoms with Crippen LogP contribution in [0.5, 0.6) is 0 Å². The molecule has 0 saturated carbocycles. The Morgan fingerprint density at radius 1 is 1.44 bits per heavy atom. The summed E-state index contributed by atoms with van der Waals surface area (Å²) in [5, 5.41) is 9.26. The van der Waals surface area contributed by atoms with Gasteiger partial charge in [-0.15, -0.1) is 0 Å². The molecule has 0 aromatic carbocycles. The summed E-state index contributed by atoms with van der Waals surface area (Å²) in [4.78, 5) is 19.6. The molecule has 5 nitrogen and oxygen atoms in total. The van der Waals surface area contributed by atoms with E-state index < -0.39 is 5.97 Å². The number of anilines is 1. The number of carbonyl (C=O) groups is 1. The molecule has 2 heterocycles. The van der Waals surface area contributed by atoms with Crippen molar-refractivity contribution in [3.8, 4) is 0 Å². The summed E-state index contributed by atoms with van der Waals surface area (Å²) in [6, 6.07) is 1.43. The summed E-state index contributed by atoms with van der Waals surface area (Å²) in [5.41, 5.74) is 0.111. The van der Waals surface area contributed by atoms with E-state index in [1.54, 1.807) is 0 Å². The van der Waals surface area contributed by atoms with Crippen molar-refractivity contribution in [2.45, 2.75) is 6.92 Å². The number of hydrogen-bond acceptors (Lipinski definition) is 4. The first-order chi connectivity index (χ1) is 8.63. The van der Waals surface area contributed by atoms with Crippen LogP contribution < -0.4 is 4.90 Å². The van der Waals surface area contributed by atoms with Gasteiger partial charge in [-0.3, -0.25) is 0 Å². The van der Waals surface area contributed by atoms with Gasteiger partial charge in [-0.25, -0.2) is 9.78 Å². The molecule has 0 atom stereocenters. The van der Waals surface area contributed by atoms with Gasteiger partial charge in [0.05, 0.1) is 10.6 Å². The number of pyridine rings is 1. The molecule has 1 aromatic rings. The number of nitrogens with zero attached hydrogens (tertiary/aromatic N) is 3. The zero-order chi connectivity index (χ0) is 13.1. The minimum atomic E-state index is -1.02. The van der Waals surface area contributed by atoms with E-state index in [0.29, 0.717) is 5.82 Å². The van der Waals surface area contributed by atoms with Crippen molar-refractivity contribution < 1.29 is 9.90 Å². The number of piperazine rings is 1. The maximum absolute atomic E-state index is 11.0. The van der Waals surface area contributed by atoms with Crippen LogP contribution in [0.4, 0.5) is 5.82 Å². The minimum Gasteiger partial charge on any atom is -0.478 e. The number of carboxylic acid groups (broad SMARTS) is 1. The molecule has 98 valence electrons. The number of carboxylic acids is 1. The molecule has 1 saturated heterocycles. The Morgan fingerprint density at radius 3 is 2.67 bits per heavy atom. The Morgan fingerprint density at radius 2 is 2.11 bits per heavy atom. The SMILES string of the molecule is CCN1CCN(c2nccc(C(=O)O)c2Cl)CC1. The Balaban J connectivity index is 2.19. The highest BCUT2D eigenvalue weighted by Gasteiger charge is 2.21. The highest BCUT2D eigenvalue weighted by Crippen LogP contribution is 2.27. The molecular formula is C12H16ClN3O2. The Kier molecular flexibility index (Phi) is 4.04. The summed E-state index contributed by atoms with van der Waals surface area (Å²) in [5.74, 6) is -0.442. The summed E-state index contributed by atoms with van der Waals surface area (Å²) < 4.78 is 0. The second kappa shape index (κ2) is 5.54. The largest absolute Gasteiger partial charge is 0.478 e. The van der Waals surface area contributed by atoms with Crippen molar-refractivity contribution in [1.29, 1.82) is 0 Å². The van der Waals surface area contributed by atoms with Crippen molar-refractivity contribution in [2.75, 3.05) is 37.6 Å². The van der Waals surface area contributed by atoms with E-state index in [-0.39, 0.29) is 10.6 Å². The molecule has 0 radical (unpaired) electrons. The fourth-order valence-electron chi connectivity index (χ4n) is 2.09. The van der Waals surface area contributed by atoms with E-state index in [1.807, 2.05) is 4.90 Å². The second-order valence-corrected chi connectivity index (χ2v) is 4.60. The van der Waals surface area contributed by atoms with Crippen molar-refractivity contribution in [1.82, 2.24) is 9.88 Å². The highest BCUT2D eigenvalue weighted by atomic mass is 35.5. The fourth-order valence-corrected chi connectivity index (χ4v) is 2.41. The van der Waals surface area contributed by atoms with Gasteiger partial charge in [0.2, 0.25) is 0 Å². The van der Waals surface area contributed by atoms with E-state index >= 15 is 0 Å². The monoisotopic (exact) mass is 269 g/mol. The first kappa shape index (κ1) is 13.1. The standard InChI is InChI=1S/C12H16ClN3O2/c1-2-15-5-7-16(8-6-15)11-10(13)9(12(17)18)3-4-14-11/h3-4H,2,5-8H2,1H3,(H,17,18). The maximum atomic E-state index is 11.0. The second-order valence-electron chi connectivity index (χ2n) is 4.22. The van der Waals surface area contributed by atoms with Gasteiger partial charge in [0.25, 0.3) is 0 Å². The molecule has 1 aliphatic rings. The van der Waals surface area contributed by atoms with Crippen LogP contribution in [0.15, 0.2) is 12.3 Å². The number of likely N-dealkylation sites (N-methyl/N-ethyl adjacent to an activating group) is 1. The third-order valence-electron chi connectivity index (χ3n) is 3.22. The lowest BCUT2D eigenvalue weighted by Gasteiger charge is -2.35. The van der Waals surface area contributed by atoms with Crippen molar-refractivity contribution in [3.05, 3.63) is 22.8 Å². The number of aromatic nitrogens is 1. The zero-order valence-electron chi connectivity index (χ0n) is 10.3. The van der Waals surface area contributed by atoms with Gasteiger partial charge in [0.15, 0.2) is 0 Å². The van der Waals surface area contributed by atoms with Gasteiger partial charge in [-0.1, -0.05) is 18.5 Å². The van der Waals surface area contributed by atoms with E-state index in [0.717, 1.165) is 32.7 Å². The van der Waals surface area contributed by atoms with E-state index in [2.05, 4.69) is 16.8 Å². The van der Waals surface area contributed by atoms with Gasteiger partial charge in [-0.2, -0.15) is 0 Å². The van der Waals surface area contributed by atoms with Gasteiger partial charge >= 0.3 is 5.97 Å². The summed E-state index contributed by atoms with van der Waals surface area (Å²) in [7, 11) is 0. The van der Waals surface area contributed by atoms with Gasteiger partial charge in [-0.05, 0) is 12.6 Å². The van der Waals surface area contributed by atoms with Crippen molar-refractivity contribution in [2.24, 2.45) is 0 Å². The molecule has 1 aromatic heterocycles. The number of halogens is 1. The van der Waals surface area contributed by atoms with Crippen LogP contribution in [0.1, 0.15) is 17.3 Å². The predicted octanol–water partition coefficient (Wildman–Crippen LogP) is 1.58. The Labute approximate surface area is 111 Å². The molecule has 0 aliphatic carbocycles. The summed E-state index contributed by atoms with van der Waals surface area (Å²) in [6.45, 7) is 6.71. The summed E-state index contributed by atoms with van der Waals surface area (Å²) >= 11 is 6.11. The third kappa shape index (κ3) is 2.57. The van der Waals surface area contributed by atoms with Crippen molar-refractivity contribution in [3.63, 3.8) is 0 Å². The smallest absolute Gasteiger partial charge is 0.337 e. The lowest BCUT2D eigenvalue weighted by Crippen LogP contribution is -2.46. The molecule has 0 unspecified atom stereocenters. The topological polar surface area (TPSA) is 56.7 Å². The maximum Gasteiger partial charge on any atom is 0.337 e. The molecule has 6 heteroatoms. The molecule has 18 heavy (non-hydrogen) atoms. The van der Waals surface area contributed by atoms with Crippen LogP contribution in [0.25, 0.3) is 0 Å². The predicted molar refractivity (Wildman–Crippen MR) is 70.5 cm³/mol. The average Bonchev–Trinajstić information content (AvgIpc) is 2.39. The Bertz CT molecular complexity index is 445. The molecule has 0 amide bonds. The van der Waals surface area contributed by atoms with E-state index in [1.165, 1.54) is 12.3 Å². The molecule has 1 aliphatic heterocycles. The quantitative estimate of drug-likeness (QED) is 0.903.